The number of likely N-dealkylation sites (N-methyl/N-ethyl adjacent to an activating group) is 1. The Morgan fingerprint density at radius 3 is 2.37 bits per heavy atom. The average molecular weight is 852 g/mol. The molecule has 5 atom stereocenters. The molecule has 14 nitrogen and oxygen atoms in total. The van der Waals surface area contributed by atoms with E-state index in [4.69, 9.17) is 11.2 Å². The van der Waals surface area contributed by atoms with Crippen molar-refractivity contribution in [3.8, 4) is 12.3 Å². The van der Waals surface area contributed by atoms with E-state index < -0.39 is 86.4 Å². The molecule has 4 rings (SSSR count). The SMILES string of the molecule is C#CCCC(CC(=O)[C@@H]1C[C@@H](OC(=O)N2CCc3ccccc3C2)CN1C(=O)[C@@H](NC(=O)N[C@H](CN(C)S(C)(=O)=O)C(C)(C)C)C1(C)CCCCC1)C(=O)C(=O)CCC=C. The molecule has 330 valence electrons. The third-order valence-corrected chi connectivity index (χ3v) is 13.7. The van der Waals surface area contributed by atoms with Crippen LogP contribution in [0.2, 0.25) is 0 Å². The lowest BCUT2D eigenvalue weighted by molar-refractivity contribution is -0.144. The number of hydrogen-bond donors (Lipinski definition) is 2. The average Bonchev–Trinajstić information content (AvgIpc) is 3.62. The van der Waals surface area contributed by atoms with Gasteiger partial charge in [-0.15, -0.1) is 18.9 Å². The topological polar surface area (TPSA) is 180 Å². The van der Waals surface area contributed by atoms with Gasteiger partial charge in [-0.25, -0.2) is 22.3 Å². The number of Topliss-reactive ketones (excluding diaryl/α,β-unsaturated/α-hetero) is 3. The minimum atomic E-state index is -3.57. The first-order chi connectivity index (χ1) is 28.2. The number of ketones is 3. The first kappa shape index (κ1) is 48.1. The van der Waals surface area contributed by atoms with E-state index in [9.17, 15) is 32.4 Å². The second-order valence-electron chi connectivity index (χ2n) is 18.1. The second kappa shape index (κ2) is 20.8. The summed E-state index contributed by atoms with van der Waals surface area (Å²) in [7, 11) is -2.14. The van der Waals surface area contributed by atoms with Crippen LogP contribution < -0.4 is 10.6 Å². The monoisotopic (exact) mass is 851 g/mol. The Morgan fingerprint density at radius 2 is 1.75 bits per heavy atom. The van der Waals surface area contributed by atoms with Crippen molar-refractivity contribution in [3.05, 3.63) is 48.0 Å². The van der Waals surface area contributed by atoms with Gasteiger partial charge in [0.15, 0.2) is 11.6 Å². The number of hydrogen-bond acceptors (Lipinski definition) is 9. The van der Waals surface area contributed by atoms with Crippen LogP contribution in [-0.2, 0) is 46.9 Å². The number of sulfonamides is 1. The van der Waals surface area contributed by atoms with Crippen LogP contribution in [-0.4, -0.2) is 115 Å². The molecular formula is C45H65N5O9S. The third-order valence-electron chi connectivity index (χ3n) is 12.5. The van der Waals surface area contributed by atoms with E-state index in [2.05, 4.69) is 23.1 Å². The molecule has 2 N–H and O–H groups in total. The minimum absolute atomic E-state index is 0.0142. The Kier molecular flexibility index (Phi) is 16.7. The molecule has 15 heteroatoms. The van der Waals surface area contributed by atoms with Crippen LogP contribution >= 0.6 is 0 Å². The summed E-state index contributed by atoms with van der Waals surface area (Å²) in [4.78, 5) is 86.5. The summed E-state index contributed by atoms with van der Waals surface area (Å²) in [5.41, 5.74) is 0.855. The minimum Gasteiger partial charge on any atom is -0.444 e. The zero-order chi connectivity index (χ0) is 44.4. The summed E-state index contributed by atoms with van der Waals surface area (Å²) in [5, 5.41) is 5.88. The smallest absolute Gasteiger partial charge is 0.410 e. The second-order valence-corrected chi connectivity index (χ2v) is 20.2. The first-order valence-corrected chi connectivity index (χ1v) is 23.0. The van der Waals surface area contributed by atoms with Gasteiger partial charge in [-0.3, -0.25) is 19.2 Å². The number of fused-ring (bicyclic) bond motifs is 1. The van der Waals surface area contributed by atoms with E-state index in [1.807, 2.05) is 52.0 Å². The number of allylic oxidation sites excluding steroid dienone is 1. The van der Waals surface area contributed by atoms with Gasteiger partial charge in [-0.1, -0.05) is 77.3 Å². The molecule has 2 aliphatic heterocycles. The number of likely N-dealkylation sites (tertiary alicyclic amines) is 1. The third kappa shape index (κ3) is 12.7. The molecule has 0 aromatic heterocycles. The highest BCUT2D eigenvalue weighted by Gasteiger charge is 2.49. The normalized spacial score (nSPS) is 20.5. The molecule has 1 aromatic rings. The van der Waals surface area contributed by atoms with Crippen molar-refractivity contribution >= 4 is 45.4 Å². The fourth-order valence-corrected chi connectivity index (χ4v) is 8.87. The lowest BCUT2D eigenvalue weighted by Crippen LogP contribution is -2.62. The number of carbonyl (C=O) groups is 6. The van der Waals surface area contributed by atoms with E-state index >= 15 is 4.79 Å². The molecule has 1 aromatic carbocycles. The van der Waals surface area contributed by atoms with Gasteiger partial charge in [-0.2, -0.15) is 0 Å². The zero-order valence-corrected chi connectivity index (χ0v) is 37.1. The highest BCUT2D eigenvalue weighted by molar-refractivity contribution is 7.88. The van der Waals surface area contributed by atoms with Crippen molar-refractivity contribution < 1.29 is 41.9 Å². The molecule has 1 saturated heterocycles. The quantitative estimate of drug-likeness (QED) is 0.114. The number of urea groups is 1. The number of nitrogens with one attached hydrogen (secondary N) is 2. The summed E-state index contributed by atoms with van der Waals surface area (Å²) in [6, 6.07) is 4.28. The van der Waals surface area contributed by atoms with Gasteiger partial charge in [-0.05, 0) is 54.1 Å². The van der Waals surface area contributed by atoms with E-state index in [1.54, 1.807) is 4.90 Å². The Hall–Kier alpha value is -4.55. The fraction of sp³-hybridized carbons (Fsp3) is 0.644. The van der Waals surface area contributed by atoms with Gasteiger partial charge >= 0.3 is 12.1 Å². The summed E-state index contributed by atoms with van der Waals surface area (Å²) in [6.07, 6.45) is 11.3. The van der Waals surface area contributed by atoms with Crippen LogP contribution in [0.5, 0.6) is 0 Å². The predicted molar refractivity (Wildman–Crippen MR) is 229 cm³/mol. The molecule has 1 unspecified atom stereocenters. The van der Waals surface area contributed by atoms with Gasteiger partial charge in [0.25, 0.3) is 0 Å². The standard InChI is InChI=1S/C45H65N5O9S/c1-9-11-18-32(39(53)36(51)21-12-10-2)26-37(52)35-27-34(59-43(56)49-25-22-31-19-14-15-20-33(31)28-49)29-50(35)41(54)40(45(6)23-16-13-17-24-45)47-42(55)46-38(44(3,4)5)30-48(7)60(8,57)58/h1,10,14-15,19-20,32,34-35,38,40H,2,11-13,16-18,21-30H2,3-8H3,(H2,46,47,55)/t32?,34-,35+,38-,40-/m1/s1. The van der Waals surface area contributed by atoms with E-state index in [1.165, 1.54) is 18.0 Å². The van der Waals surface area contributed by atoms with Gasteiger partial charge in [0.1, 0.15) is 12.1 Å². The van der Waals surface area contributed by atoms with E-state index in [0.717, 1.165) is 41.0 Å². The fourth-order valence-electron chi connectivity index (χ4n) is 8.45. The first-order valence-electron chi connectivity index (χ1n) is 21.1. The molecule has 1 saturated carbocycles. The Labute approximate surface area is 356 Å². The summed E-state index contributed by atoms with van der Waals surface area (Å²) in [6.45, 7) is 11.8. The highest BCUT2D eigenvalue weighted by Crippen LogP contribution is 2.41. The number of carbonyl (C=O) groups excluding carboxylic acids is 6. The van der Waals surface area contributed by atoms with E-state index in [-0.39, 0.29) is 45.2 Å². The summed E-state index contributed by atoms with van der Waals surface area (Å²) < 4.78 is 31.9. The molecule has 1 aliphatic carbocycles. The highest BCUT2D eigenvalue weighted by atomic mass is 32.2. The maximum atomic E-state index is 15.1. The van der Waals surface area contributed by atoms with Crippen LogP contribution in [0.3, 0.4) is 0 Å². The van der Waals surface area contributed by atoms with Crippen LogP contribution in [0.15, 0.2) is 36.9 Å². The Balaban J connectivity index is 1.66. The maximum absolute atomic E-state index is 15.1. The van der Waals surface area contributed by atoms with Crippen LogP contribution in [0, 0.1) is 29.1 Å². The number of nitrogens with zero attached hydrogens (tertiary/aromatic N) is 3. The number of benzene rings is 1. The van der Waals surface area contributed by atoms with Crippen molar-refractivity contribution in [1.82, 2.24) is 24.7 Å². The maximum Gasteiger partial charge on any atom is 0.410 e. The van der Waals surface area contributed by atoms with Crippen molar-refractivity contribution in [2.24, 2.45) is 16.7 Å². The Bertz CT molecular complexity index is 1910. The molecule has 0 spiro atoms. The van der Waals surface area contributed by atoms with Crippen molar-refractivity contribution in [2.45, 2.75) is 136 Å². The molecule has 2 heterocycles. The number of amides is 4. The van der Waals surface area contributed by atoms with Crippen LogP contribution in [0.4, 0.5) is 9.59 Å². The van der Waals surface area contributed by atoms with Crippen molar-refractivity contribution in [1.29, 1.82) is 0 Å². The predicted octanol–water partition coefficient (Wildman–Crippen LogP) is 5.19. The van der Waals surface area contributed by atoms with Crippen LogP contribution in [0.25, 0.3) is 0 Å². The van der Waals surface area contributed by atoms with Gasteiger partial charge < -0.3 is 25.2 Å². The number of ether oxygens (including phenoxy) is 1. The number of rotatable bonds is 18. The van der Waals surface area contributed by atoms with Crippen molar-refractivity contribution in [3.63, 3.8) is 0 Å². The largest absolute Gasteiger partial charge is 0.444 e. The molecule has 0 bridgehead atoms. The molecule has 60 heavy (non-hydrogen) atoms. The summed E-state index contributed by atoms with van der Waals surface area (Å²) >= 11 is 0. The Morgan fingerprint density at radius 1 is 1.08 bits per heavy atom. The molecular weight excluding hydrogens is 787 g/mol. The van der Waals surface area contributed by atoms with Gasteiger partial charge in [0, 0.05) is 64.3 Å². The molecule has 0 radical (unpaired) electrons. The molecule has 3 aliphatic rings. The molecule has 4 amide bonds. The van der Waals surface area contributed by atoms with Crippen molar-refractivity contribution in [2.75, 3.05) is 32.9 Å². The lowest BCUT2D eigenvalue weighted by Gasteiger charge is -2.43. The summed E-state index contributed by atoms with van der Waals surface area (Å²) in [5.74, 6) is -0.863. The molecule has 2 fully saturated rings. The van der Waals surface area contributed by atoms with Crippen LogP contribution in [0.1, 0.15) is 109 Å². The lowest BCUT2D eigenvalue weighted by atomic mass is 9.70. The number of terminal acetylenes is 1. The van der Waals surface area contributed by atoms with E-state index in [0.29, 0.717) is 38.8 Å². The van der Waals surface area contributed by atoms with Gasteiger partial charge in [0.05, 0.1) is 18.8 Å². The van der Waals surface area contributed by atoms with Gasteiger partial charge in [0.2, 0.25) is 21.7 Å². The zero-order valence-electron chi connectivity index (χ0n) is 36.3.